The monoisotopic (exact) mass is 370 g/mol. The smallest absolute Gasteiger partial charge is 0.329 e. The highest BCUT2D eigenvalue weighted by Gasteiger charge is 2.24. The Kier molecular flexibility index (Phi) is 5.59. The molecule has 2 N–H and O–H groups in total. The van der Waals surface area contributed by atoms with Crippen LogP contribution in [0.25, 0.3) is 0 Å². The van der Waals surface area contributed by atoms with Crippen molar-refractivity contribution in [1.82, 2.24) is 5.32 Å². The van der Waals surface area contributed by atoms with Crippen LogP contribution < -0.4 is 10.6 Å². The number of rotatable bonds is 6. The van der Waals surface area contributed by atoms with Crippen molar-refractivity contribution in [2.24, 2.45) is 0 Å². The molecule has 3 rings (SSSR count). The van der Waals surface area contributed by atoms with Gasteiger partial charge in [-0.1, -0.05) is 6.07 Å². The molecule has 7 heteroatoms. The number of furan rings is 1. The topological polar surface area (TPSA) is 97.6 Å². The van der Waals surface area contributed by atoms with Crippen LogP contribution >= 0.6 is 0 Å². The zero-order valence-corrected chi connectivity index (χ0v) is 15.3. The summed E-state index contributed by atoms with van der Waals surface area (Å²) >= 11 is 0. The minimum absolute atomic E-state index is 0.0945. The number of nitrogens with one attached hydrogen (secondary N) is 2. The number of hydrogen-bond acceptors (Lipinski definition) is 5. The number of anilines is 1. The molecule has 0 radical (unpaired) electrons. The van der Waals surface area contributed by atoms with Crippen molar-refractivity contribution < 1.29 is 23.5 Å². The Bertz CT molecular complexity index is 844. The van der Waals surface area contributed by atoms with Gasteiger partial charge in [0, 0.05) is 5.69 Å². The highest BCUT2D eigenvalue weighted by Crippen LogP contribution is 2.25. The molecule has 0 saturated carbocycles. The summed E-state index contributed by atoms with van der Waals surface area (Å²) in [6.07, 6.45) is 3.58. The number of amides is 2. The molecule has 2 aromatic rings. The molecule has 0 unspecified atom stereocenters. The highest BCUT2D eigenvalue weighted by atomic mass is 16.5. The van der Waals surface area contributed by atoms with Gasteiger partial charge in [0.1, 0.15) is 6.04 Å². The van der Waals surface area contributed by atoms with Gasteiger partial charge in [-0.15, -0.1) is 0 Å². The Morgan fingerprint density at radius 3 is 2.63 bits per heavy atom. The van der Waals surface area contributed by atoms with Gasteiger partial charge in [0.25, 0.3) is 11.8 Å². The molecule has 0 bridgehead atoms. The van der Waals surface area contributed by atoms with E-state index in [0.29, 0.717) is 5.69 Å². The Morgan fingerprint density at radius 1 is 1.11 bits per heavy atom. The predicted molar refractivity (Wildman–Crippen MR) is 98.3 cm³/mol. The van der Waals surface area contributed by atoms with Crippen LogP contribution in [0, 0.1) is 0 Å². The normalized spacial score (nSPS) is 14.7. The molecule has 2 amide bonds. The lowest BCUT2D eigenvalue weighted by Gasteiger charge is -2.17. The lowest BCUT2D eigenvalue weighted by molar-refractivity contribution is -0.154. The number of carbonyl (C=O) groups is 3. The van der Waals surface area contributed by atoms with Gasteiger partial charge in [-0.3, -0.25) is 9.59 Å². The second-order valence-electron chi connectivity index (χ2n) is 6.58. The summed E-state index contributed by atoms with van der Waals surface area (Å²) in [6, 6.07) is 7.96. The Labute approximate surface area is 157 Å². The fourth-order valence-electron chi connectivity index (χ4n) is 2.96. The van der Waals surface area contributed by atoms with Gasteiger partial charge in [0.15, 0.2) is 11.9 Å². The van der Waals surface area contributed by atoms with E-state index in [2.05, 4.69) is 10.6 Å². The number of carbonyl (C=O) groups excluding carboxylic acids is 3. The molecule has 0 saturated heterocycles. The van der Waals surface area contributed by atoms with E-state index in [9.17, 15) is 14.4 Å². The molecule has 1 aliphatic carbocycles. The third-order valence-corrected chi connectivity index (χ3v) is 4.47. The number of aryl methyl sites for hydroxylation is 2. The molecule has 27 heavy (non-hydrogen) atoms. The van der Waals surface area contributed by atoms with Crippen molar-refractivity contribution in [3.63, 3.8) is 0 Å². The quantitative estimate of drug-likeness (QED) is 0.761. The molecule has 1 heterocycles. The van der Waals surface area contributed by atoms with Gasteiger partial charge < -0.3 is 19.8 Å². The van der Waals surface area contributed by atoms with Crippen molar-refractivity contribution in [2.75, 3.05) is 5.32 Å². The van der Waals surface area contributed by atoms with E-state index in [1.165, 1.54) is 37.3 Å². The number of esters is 1. The van der Waals surface area contributed by atoms with Crippen LogP contribution in [0.1, 0.15) is 41.9 Å². The molecule has 0 spiro atoms. The van der Waals surface area contributed by atoms with E-state index < -0.39 is 29.9 Å². The standard InChI is InChI=1S/C20H22N2O5/c1-12(21-19(24)17-7-4-10-26-17)20(25)27-13(2)18(23)22-16-9-8-14-5-3-6-15(14)11-16/h4,7-13H,3,5-6H2,1-2H3,(H,21,24)(H,22,23)/t12-,13+/m0/s1. The molecule has 0 aliphatic heterocycles. The van der Waals surface area contributed by atoms with Crippen LogP contribution in [-0.2, 0) is 27.2 Å². The van der Waals surface area contributed by atoms with E-state index in [1.807, 2.05) is 18.2 Å². The Balaban J connectivity index is 1.51. The zero-order valence-electron chi connectivity index (χ0n) is 15.3. The summed E-state index contributed by atoms with van der Waals surface area (Å²) in [5.41, 5.74) is 3.24. The number of fused-ring (bicyclic) bond motifs is 1. The van der Waals surface area contributed by atoms with Gasteiger partial charge in [-0.05, 0) is 68.5 Å². The maximum atomic E-state index is 12.3. The zero-order chi connectivity index (χ0) is 19.4. The molecule has 7 nitrogen and oxygen atoms in total. The van der Waals surface area contributed by atoms with Crippen molar-refractivity contribution in [1.29, 1.82) is 0 Å². The molecule has 2 atom stereocenters. The van der Waals surface area contributed by atoms with Crippen LogP contribution in [0.4, 0.5) is 5.69 Å². The van der Waals surface area contributed by atoms with Gasteiger partial charge in [-0.25, -0.2) is 4.79 Å². The first-order chi connectivity index (χ1) is 12.9. The number of hydrogen-bond donors (Lipinski definition) is 2. The summed E-state index contributed by atoms with van der Waals surface area (Å²) in [6.45, 7) is 2.97. The molecule has 1 aromatic carbocycles. The average Bonchev–Trinajstić information content (AvgIpc) is 3.32. The summed E-state index contributed by atoms with van der Waals surface area (Å²) < 4.78 is 10.1. The van der Waals surface area contributed by atoms with Crippen LogP contribution in [0.2, 0.25) is 0 Å². The minimum atomic E-state index is -0.992. The largest absolute Gasteiger partial charge is 0.459 e. The summed E-state index contributed by atoms with van der Waals surface area (Å²) in [4.78, 5) is 36.3. The SMILES string of the molecule is C[C@H](NC(=O)c1ccco1)C(=O)O[C@H](C)C(=O)Nc1ccc2c(c1)CCC2. The first-order valence-electron chi connectivity index (χ1n) is 8.91. The Hall–Kier alpha value is -3.09. The minimum Gasteiger partial charge on any atom is -0.459 e. The maximum absolute atomic E-state index is 12.3. The molecular weight excluding hydrogens is 348 g/mol. The second kappa shape index (κ2) is 8.07. The van der Waals surface area contributed by atoms with E-state index in [-0.39, 0.29) is 5.76 Å². The maximum Gasteiger partial charge on any atom is 0.329 e. The van der Waals surface area contributed by atoms with Crippen LogP contribution in [0.3, 0.4) is 0 Å². The molecule has 1 aromatic heterocycles. The van der Waals surface area contributed by atoms with E-state index in [0.717, 1.165) is 19.3 Å². The first kappa shape index (κ1) is 18.7. The van der Waals surface area contributed by atoms with Gasteiger partial charge in [-0.2, -0.15) is 0 Å². The van der Waals surface area contributed by atoms with Gasteiger partial charge in [0.05, 0.1) is 6.26 Å². The molecular formula is C20H22N2O5. The van der Waals surface area contributed by atoms with Crippen LogP contribution in [0.15, 0.2) is 41.0 Å². The van der Waals surface area contributed by atoms with Crippen molar-refractivity contribution in [2.45, 2.75) is 45.3 Å². The third kappa shape index (κ3) is 4.55. The Morgan fingerprint density at radius 2 is 1.89 bits per heavy atom. The molecule has 142 valence electrons. The second-order valence-corrected chi connectivity index (χ2v) is 6.58. The van der Waals surface area contributed by atoms with E-state index in [4.69, 9.17) is 9.15 Å². The molecule has 1 aliphatic rings. The predicted octanol–water partition coefficient (Wildman–Crippen LogP) is 2.46. The van der Waals surface area contributed by atoms with Crippen molar-refractivity contribution in [3.05, 3.63) is 53.5 Å². The lowest BCUT2D eigenvalue weighted by Crippen LogP contribution is -2.42. The van der Waals surface area contributed by atoms with E-state index >= 15 is 0 Å². The van der Waals surface area contributed by atoms with Crippen LogP contribution in [-0.4, -0.2) is 29.9 Å². The van der Waals surface area contributed by atoms with Crippen molar-refractivity contribution >= 4 is 23.5 Å². The number of ether oxygens (including phenoxy) is 1. The van der Waals surface area contributed by atoms with Gasteiger partial charge in [0.2, 0.25) is 0 Å². The summed E-state index contributed by atoms with van der Waals surface area (Å²) in [7, 11) is 0. The van der Waals surface area contributed by atoms with E-state index in [1.54, 1.807) is 6.07 Å². The highest BCUT2D eigenvalue weighted by molar-refractivity contribution is 5.97. The lowest BCUT2D eigenvalue weighted by atomic mass is 10.1. The van der Waals surface area contributed by atoms with Crippen molar-refractivity contribution in [3.8, 4) is 0 Å². The summed E-state index contributed by atoms with van der Waals surface area (Å²) in [5.74, 6) is -1.56. The van der Waals surface area contributed by atoms with Crippen LogP contribution in [0.5, 0.6) is 0 Å². The molecule has 0 fully saturated rings. The fraction of sp³-hybridized carbons (Fsp3) is 0.350. The fourth-order valence-corrected chi connectivity index (χ4v) is 2.96. The number of benzene rings is 1. The van der Waals surface area contributed by atoms with Gasteiger partial charge >= 0.3 is 5.97 Å². The first-order valence-corrected chi connectivity index (χ1v) is 8.91. The third-order valence-electron chi connectivity index (χ3n) is 4.47. The average molecular weight is 370 g/mol. The summed E-state index contributed by atoms with van der Waals surface area (Å²) in [5, 5.41) is 5.23.